The number of amides is 2. The maximum absolute atomic E-state index is 11.7. The van der Waals surface area contributed by atoms with E-state index in [1.54, 1.807) is 6.92 Å². The fraction of sp³-hybridized carbons (Fsp3) is 0.231. The molecule has 4 N–H and O–H groups in total. The van der Waals surface area contributed by atoms with E-state index in [4.69, 9.17) is 14.9 Å². The van der Waals surface area contributed by atoms with E-state index in [0.29, 0.717) is 16.7 Å². The Labute approximate surface area is 114 Å². The zero-order chi connectivity index (χ0) is 15.0. The average molecular weight is 278 g/mol. The number of nitrogens with one attached hydrogen (secondary N) is 1. The van der Waals surface area contributed by atoms with E-state index >= 15 is 0 Å². The molecule has 0 spiro atoms. The van der Waals surface area contributed by atoms with Crippen LogP contribution in [0.1, 0.15) is 26.5 Å². The smallest absolute Gasteiger partial charge is 0.287 e. The van der Waals surface area contributed by atoms with Crippen LogP contribution >= 0.6 is 0 Å². The van der Waals surface area contributed by atoms with Crippen LogP contribution in [0.2, 0.25) is 0 Å². The molecular formula is C13H14N2O5. The van der Waals surface area contributed by atoms with Gasteiger partial charge in [-0.05, 0) is 6.92 Å². The third kappa shape index (κ3) is 1.83. The van der Waals surface area contributed by atoms with Crippen LogP contribution in [0.4, 0.5) is 0 Å². The lowest BCUT2D eigenvalue weighted by Crippen LogP contribution is -2.17. The summed E-state index contributed by atoms with van der Waals surface area (Å²) in [6.45, 7) is 1.65. The molecule has 0 fully saturated rings. The number of hydrogen-bond acceptors (Lipinski definition) is 5. The van der Waals surface area contributed by atoms with Crippen molar-refractivity contribution in [3.05, 3.63) is 23.0 Å². The van der Waals surface area contributed by atoms with E-state index in [-0.39, 0.29) is 22.7 Å². The molecule has 2 aromatic rings. The highest BCUT2D eigenvalue weighted by atomic mass is 16.5. The molecule has 0 saturated heterocycles. The molecule has 1 heterocycles. The molecule has 106 valence electrons. The van der Waals surface area contributed by atoms with Crippen LogP contribution in [0.3, 0.4) is 0 Å². The van der Waals surface area contributed by atoms with Crippen molar-refractivity contribution in [2.24, 2.45) is 5.73 Å². The van der Waals surface area contributed by atoms with Gasteiger partial charge in [0.2, 0.25) is 0 Å². The van der Waals surface area contributed by atoms with Gasteiger partial charge in [-0.15, -0.1) is 0 Å². The van der Waals surface area contributed by atoms with Gasteiger partial charge in [-0.3, -0.25) is 9.59 Å². The van der Waals surface area contributed by atoms with Crippen LogP contribution in [0, 0.1) is 6.92 Å². The molecule has 0 unspecified atom stereocenters. The molecule has 0 bridgehead atoms. The summed E-state index contributed by atoms with van der Waals surface area (Å²) in [6, 6.07) is 1.26. The summed E-state index contributed by atoms with van der Waals surface area (Å²) in [5, 5.41) is 12.7. The van der Waals surface area contributed by atoms with Gasteiger partial charge in [-0.2, -0.15) is 0 Å². The van der Waals surface area contributed by atoms with Crippen LogP contribution in [-0.2, 0) is 0 Å². The third-order valence-corrected chi connectivity index (χ3v) is 3.04. The number of rotatable bonds is 3. The molecule has 7 heteroatoms. The predicted molar refractivity (Wildman–Crippen MR) is 71.1 cm³/mol. The van der Waals surface area contributed by atoms with Gasteiger partial charge in [-0.25, -0.2) is 0 Å². The van der Waals surface area contributed by atoms with E-state index < -0.39 is 11.8 Å². The standard InChI is InChI=1S/C13H14N2O5/c1-5-8-7(19-3)4-6(16)9(12(14)17)11(8)20-10(5)13(18)15-2/h4,16H,1-3H3,(H2,14,17)(H,15,18). The van der Waals surface area contributed by atoms with Gasteiger partial charge in [0.15, 0.2) is 11.3 Å². The van der Waals surface area contributed by atoms with Crippen molar-refractivity contribution in [2.45, 2.75) is 6.92 Å². The predicted octanol–water partition coefficient (Wildman–Crippen LogP) is 0.914. The first-order valence-corrected chi connectivity index (χ1v) is 5.77. The van der Waals surface area contributed by atoms with Crippen molar-refractivity contribution in [3.8, 4) is 11.5 Å². The molecule has 0 aliphatic carbocycles. The lowest BCUT2D eigenvalue weighted by Gasteiger charge is -2.06. The number of hydrogen-bond donors (Lipinski definition) is 3. The molecule has 7 nitrogen and oxygen atoms in total. The van der Waals surface area contributed by atoms with E-state index in [0.717, 1.165) is 0 Å². The first-order valence-electron chi connectivity index (χ1n) is 5.77. The topological polar surface area (TPSA) is 115 Å². The van der Waals surface area contributed by atoms with Crippen molar-refractivity contribution in [1.82, 2.24) is 5.32 Å². The first kappa shape index (κ1) is 13.7. The Morgan fingerprint density at radius 2 is 2.10 bits per heavy atom. The van der Waals surface area contributed by atoms with Crippen LogP contribution in [-0.4, -0.2) is 31.1 Å². The van der Waals surface area contributed by atoms with Crippen LogP contribution < -0.4 is 15.8 Å². The summed E-state index contributed by atoms with van der Waals surface area (Å²) in [7, 11) is 2.86. The van der Waals surface area contributed by atoms with Gasteiger partial charge in [0.05, 0.1) is 12.5 Å². The monoisotopic (exact) mass is 278 g/mol. The Kier molecular flexibility index (Phi) is 3.27. The van der Waals surface area contributed by atoms with Crippen LogP contribution in [0.25, 0.3) is 11.0 Å². The molecule has 0 aliphatic rings. The molecule has 0 saturated carbocycles. The average Bonchev–Trinajstić information content (AvgIpc) is 2.74. The second-order valence-electron chi connectivity index (χ2n) is 4.18. The third-order valence-electron chi connectivity index (χ3n) is 3.04. The Morgan fingerprint density at radius 3 is 2.60 bits per heavy atom. The first-order chi connectivity index (χ1) is 9.42. The molecule has 2 amide bonds. The maximum Gasteiger partial charge on any atom is 0.287 e. The number of aryl methyl sites for hydroxylation is 1. The van der Waals surface area contributed by atoms with Gasteiger partial charge in [0.1, 0.15) is 17.1 Å². The summed E-state index contributed by atoms with van der Waals surface area (Å²) < 4.78 is 10.6. The van der Waals surface area contributed by atoms with Gasteiger partial charge in [-0.1, -0.05) is 0 Å². The highest BCUT2D eigenvalue weighted by Gasteiger charge is 2.26. The van der Waals surface area contributed by atoms with Crippen LogP contribution in [0.15, 0.2) is 10.5 Å². The number of furan rings is 1. The molecule has 1 aromatic carbocycles. The van der Waals surface area contributed by atoms with Crippen molar-refractivity contribution in [1.29, 1.82) is 0 Å². The summed E-state index contributed by atoms with van der Waals surface area (Å²) in [5.41, 5.74) is 5.59. The Hall–Kier alpha value is -2.70. The minimum absolute atomic E-state index is 0.0328. The summed E-state index contributed by atoms with van der Waals surface area (Å²) in [4.78, 5) is 23.2. The number of aromatic hydroxyl groups is 1. The molecule has 1 aromatic heterocycles. The Balaban J connectivity index is 2.94. The van der Waals surface area contributed by atoms with E-state index in [1.165, 1.54) is 20.2 Å². The zero-order valence-corrected chi connectivity index (χ0v) is 11.2. The molecule has 2 rings (SSSR count). The number of fused-ring (bicyclic) bond motifs is 1. The number of nitrogens with two attached hydrogens (primary N) is 1. The number of primary amides is 1. The van der Waals surface area contributed by atoms with E-state index in [1.807, 2.05) is 0 Å². The number of carbonyl (C=O) groups is 2. The van der Waals surface area contributed by atoms with Crippen LogP contribution in [0.5, 0.6) is 11.5 Å². The van der Waals surface area contributed by atoms with E-state index in [9.17, 15) is 14.7 Å². The maximum atomic E-state index is 11.7. The zero-order valence-electron chi connectivity index (χ0n) is 11.2. The molecule has 0 aliphatic heterocycles. The number of benzene rings is 1. The fourth-order valence-corrected chi connectivity index (χ4v) is 2.10. The molecule has 20 heavy (non-hydrogen) atoms. The van der Waals surface area contributed by atoms with Gasteiger partial charge >= 0.3 is 0 Å². The summed E-state index contributed by atoms with van der Waals surface area (Å²) in [6.07, 6.45) is 0. The highest BCUT2D eigenvalue weighted by molar-refractivity contribution is 6.11. The second kappa shape index (κ2) is 4.76. The second-order valence-corrected chi connectivity index (χ2v) is 4.18. The largest absolute Gasteiger partial charge is 0.507 e. The van der Waals surface area contributed by atoms with E-state index in [2.05, 4.69) is 5.32 Å². The quantitative estimate of drug-likeness (QED) is 0.772. The normalized spacial score (nSPS) is 10.6. The number of carbonyl (C=O) groups excluding carboxylic acids is 2. The van der Waals surface area contributed by atoms with Gasteiger partial charge in [0, 0.05) is 18.7 Å². The number of ether oxygens (including phenoxy) is 1. The molecule has 0 radical (unpaired) electrons. The fourth-order valence-electron chi connectivity index (χ4n) is 2.10. The minimum Gasteiger partial charge on any atom is -0.507 e. The molecule has 0 atom stereocenters. The minimum atomic E-state index is -0.854. The lowest BCUT2D eigenvalue weighted by atomic mass is 10.1. The SMILES string of the molecule is CNC(=O)c1oc2c(C(N)=O)c(O)cc(OC)c2c1C. The summed E-state index contributed by atoms with van der Waals surface area (Å²) >= 11 is 0. The Morgan fingerprint density at radius 1 is 1.45 bits per heavy atom. The number of methoxy groups -OCH3 is 1. The lowest BCUT2D eigenvalue weighted by molar-refractivity contribution is 0.0933. The highest BCUT2D eigenvalue weighted by Crippen LogP contribution is 2.39. The van der Waals surface area contributed by atoms with Crippen molar-refractivity contribution in [3.63, 3.8) is 0 Å². The van der Waals surface area contributed by atoms with Gasteiger partial charge in [0.25, 0.3) is 11.8 Å². The molecular weight excluding hydrogens is 264 g/mol. The van der Waals surface area contributed by atoms with Crippen molar-refractivity contribution >= 4 is 22.8 Å². The number of phenols is 1. The van der Waals surface area contributed by atoms with Crippen molar-refractivity contribution in [2.75, 3.05) is 14.2 Å². The Bertz CT molecular complexity index is 717. The van der Waals surface area contributed by atoms with Crippen molar-refractivity contribution < 1.29 is 23.8 Å². The van der Waals surface area contributed by atoms with Gasteiger partial charge < -0.3 is 25.3 Å². The summed E-state index contributed by atoms with van der Waals surface area (Å²) in [5.74, 6) is -1.34.